The molecular weight excluding hydrogens is 396 g/mol. The highest BCUT2D eigenvalue weighted by Crippen LogP contribution is 2.25. The number of hydrogen-bond donors (Lipinski definition) is 0. The van der Waals surface area contributed by atoms with Crippen LogP contribution in [0.4, 0.5) is 5.69 Å². The molecule has 0 radical (unpaired) electrons. The van der Waals surface area contributed by atoms with E-state index in [2.05, 4.69) is 36.2 Å². The van der Waals surface area contributed by atoms with Crippen LogP contribution < -0.4 is 9.64 Å². The maximum absolute atomic E-state index is 12.5. The number of ether oxygens (including phenoxy) is 1. The Morgan fingerprint density at radius 3 is 2.37 bits per heavy atom. The van der Waals surface area contributed by atoms with Gasteiger partial charge in [-0.1, -0.05) is 55.9 Å². The second-order valence-electron chi connectivity index (χ2n) is 7.46. The third-order valence-electron chi connectivity index (χ3n) is 4.93. The molecule has 2 aromatic carbocycles. The summed E-state index contributed by atoms with van der Waals surface area (Å²) in [7, 11) is 3.67. The quantitative estimate of drug-likeness (QED) is 0.485. The van der Waals surface area contributed by atoms with Gasteiger partial charge in [0, 0.05) is 19.8 Å². The number of carbonyl (C=O) groups excluding carboxylic acids is 1. The molecule has 3 aromatic rings. The highest BCUT2D eigenvalue weighted by molar-refractivity contribution is 7.99. The molecule has 158 valence electrons. The van der Waals surface area contributed by atoms with Crippen LogP contribution in [0.2, 0.25) is 0 Å². The Morgan fingerprint density at radius 1 is 1.07 bits per heavy atom. The minimum atomic E-state index is -0.260. The number of anilines is 1. The minimum Gasteiger partial charge on any atom is -0.483 e. The average molecular weight is 425 g/mol. The molecule has 0 bridgehead atoms. The number of aromatic nitrogens is 3. The van der Waals surface area contributed by atoms with E-state index in [1.165, 1.54) is 17.3 Å². The fourth-order valence-corrected chi connectivity index (χ4v) is 3.84. The maximum Gasteiger partial charge on any atom is 0.237 e. The number of nitrogens with zero attached hydrogens (tertiary/aromatic N) is 4. The molecule has 1 unspecified atom stereocenters. The Hall–Kier alpha value is -2.80. The predicted molar refractivity (Wildman–Crippen MR) is 121 cm³/mol. The van der Waals surface area contributed by atoms with Gasteiger partial charge in [-0.2, -0.15) is 0 Å². The molecule has 1 aromatic heterocycles. The molecule has 3 rings (SSSR count). The number of amides is 1. The van der Waals surface area contributed by atoms with Gasteiger partial charge >= 0.3 is 0 Å². The summed E-state index contributed by atoms with van der Waals surface area (Å²) in [6.45, 7) is 6.28. The van der Waals surface area contributed by atoms with E-state index >= 15 is 0 Å². The zero-order chi connectivity index (χ0) is 21.7. The summed E-state index contributed by atoms with van der Waals surface area (Å²) >= 11 is 1.37. The predicted octanol–water partition coefficient (Wildman–Crippen LogP) is 4.83. The number of para-hydroxylation sites is 1. The first kappa shape index (κ1) is 21.9. The van der Waals surface area contributed by atoms with Crippen LogP contribution in [0.3, 0.4) is 0 Å². The van der Waals surface area contributed by atoms with Crippen LogP contribution in [0.5, 0.6) is 5.75 Å². The lowest BCUT2D eigenvalue weighted by Gasteiger charge is -2.17. The van der Waals surface area contributed by atoms with E-state index in [9.17, 15) is 4.79 Å². The first-order chi connectivity index (χ1) is 14.4. The number of hydrogen-bond acceptors (Lipinski definition) is 5. The second kappa shape index (κ2) is 9.80. The number of benzene rings is 2. The molecule has 1 amide bonds. The van der Waals surface area contributed by atoms with Crippen LogP contribution in [-0.4, -0.2) is 33.5 Å². The van der Waals surface area contributed by atoms with E-state index in [-0.39, 0.29) is 17.8 Å². The summed E-state index contributed by atoms with van der Waals surface area (Å²) in [5.74, 6) is 2.28. The maximum atomic E-state index is 12.5. The van der Waals surface area contributed by atoms with Crippen molar-refractivity contribution in [3.63, 3.8) is 0 Å². The molecule has 0 saturated carbocycles. The van der Waals surface area contributed by atoms with Crippen molar-refractivity contribution in [3.05, 3.63) is 66.0 Å². The topological polar surface area (TPSA) is 60.3 Å². The molecule has 0 N–H and O–H groups in total. The average Bonchev–Trinajstić information content (AvgIpc) is 3.12. The summed E-state index contributed by atoms with van der Waals surface area (Å²) in [5.41, 5.74) is 2.14. The smallest absolute Gasteiger partial charge is 0.237 e. The summed E-state index contributed by atoms with van der Waals surface area (Å²) in [4.78, 5) is 14.2. The molecule has 7 heteroatoms. The van der Waals surface area contributed by atoms with Crippen molar-refractivity contribution >= 4 is 23.4 Å². The normalized spacial score (nSPS) is 12.1. The van der Waals surface area contributed by atoms with E-state index in [0.717, 1.165) is 11.4 Å². The summed E-state index contributed by atoms with van der Waals surface area (Å²) in [5, 5.41) is 9.21. The van der Waals surface area contributed by atoms with Gasteiger partial charge in [0.2, 0.25) is 5.91 Å². The van der Waals surface area contributed by atoms with Crippen molar-refractivity contribution in [3.8, 4) is 5.75 Å². The van der Waals surface area contributed by atoms with Crippen LogP contribution in [0.1, 0.15) is 44.2 Å². The van der Waals surface area contributed by atoms with E-state index in [1.54, 1.807) is 11.9 Å². The number of thioether (sulfide) groups is 1. The Morgan fingerprint density at radius 2 is 1.73 bits per heavy atom. The molecule has 1 atom stereocenters. The Labute approximate surface area is 182 Å². The molecule has 30 heavy (non-hydrogen) atoms. The number of carbonyl (C=O) groups is 1. The lowest BCUT2D eigenvalue weighted by Crippen LogP contribution is -2.27. The highest BCUT2D eigenvalue weighted by atomic mass is 32.2. The summed E-state index contributed by atoms with van der Waals surface area (Å²) in [6, 6.07) is 17.7. The van der Waals surface area contributed by atoms with Gasteiger partial charge in [0.15, 0.2) is 17.1 Å². The van der Waals surface area contributed by atoms with Crippen molar-refractivity contribution in [2.75, 3.05) is 17.7 Å². The first-order valence-corrected chi connectivity index (χ1v) is 11.0. The number of rotatable bonds is 8. The lowest BCUT2D eigenvalue weighted by molar-refractivity contribution is -0.115. The van der Waals surface area contributed by atoms with Crippen LogP contribution >= 0.6 is 11.8 Å². The zero-order valence-corrected chi connectivity index (χ0v) is 18.9. The molecule has 0 fully saturated rings. The lowest BCUT2D eigenvalue weighted by atomic mass is 10.0. The van der Waals surface area contributed by atoms with E-state index in [0.29, 0.717) is 16.9 Å². The van der Waals surface area contributed by atoms with Gasteiger partial charge in [-0.15, -0.1) is 10.2 Å². The molecule has 1 heterocycles. The standard InChI is InChI=1S/C23H28N4O2S/c1-16(2)18-11-13-20(14-12-18)29-17(3)22-24-25-23(27(22)5)30-15-21(28)26(4)19-9-7-6-8-10-19/h6-14,16-17H,15H2,1-5H3. The minimum absolute atomic E-state index is 0.00490. The molecule has 0 spiro atoms. The molecule has 0 aliphatic carbocycles. The van der Waals surface area contributed by atoms with Crippen molar-refractivity contribution < 1.29 is 9.53 Å². The Kier molecular flexibility index (Phi) is 7.15. The molecule has 0 aliphatic rings. The monoisotopic (exact) mass is 424 g/mol. The second-order valence-corrected chi connectivity index (χ2v) is 8.40. The zero-order valence-electron chi connectivity index (χ0n) is 18.1. The van der Waals surface area contributed by atoms with E-state index in [4.69, 9.17) is 4.74 Å². The van der Waals surface area contributed by atoms with Crippen LogP contribution in [-0.2, 0) is 11.8 Å². The van der Waals surface area contributed by atoms with Crippen LogP contribution in [0.15, 0.2) is 59.8 Å². The van der Waals surface area contributed by atoms with Crippen molar-refractivity contribution in [1.82, 2.24) is 14.8 Å². The molecule has 6 nitrogen and oxygen atoms in total. The van der Waals surface area contributed by atoms with Crippen molar-refractivity contribution in [2.45, 2.75) is 37.9 Å². The van der Waals surface area contributed by atoms with Gasteiger partial charge in [-0.05, 0) is 42.7 Å². The van der Waals surface area contributed by atoms with E-state index in [1.807, 2.05) is 61.0 Å². The van der Waals surface area contributed by atoms with Crippen LogP contribution in [0.25, 0.3) is 0 Å². The molecule has 0 aliphatic heterocycles. The summed E-state index contributed by atoms with van der Waals surface area (Å²) < 4.78 is 7.93. The third-order valence-corrected chi connectivity index (χ3v) is 5.94. The Balaban J connectivity index is 1.60. The van der Waals surface area contributed by atoms with Gasteiger partial charge in [-0.3, -0.25) is 4.79 Å². The van der Waals surface area contributed by atoms with Gasteiger partial charge < -0.3 is 14.2 Å². The van der Waals surface area contributed by atoms with Crippen molar-refractivity contribution in [1.29, 1.82) is 0 Å². The Bertz CT molecular complexity index is 971. The third kappa shape index (κ3) is 5.21. The fourth-order valence-electron chi connectivity index (χ4n) is 3.01. The van der Waals surface area contributed by atoms with Gasteiger partial charge in [-0.25, -0.2) is 0 Å². The molecular formula is C23H28N4O2S. The SMILES string of the molecule is CC(C)c1ccc(OC(C)c2nnc(SCC(=O)N(C)c3ccccc3)n2C)cc1. The van der Waals surface area contributed by atoms with Gasteiger partial charge in [0.1, 0.15) is 5.75 Å². The largest absolute Gasteiger partial charge is 0.483 e. The van der Waals surface area contributed by atoms with Gasteiger partial charge in [0.05, 0.1) is 5.75 Å². The molecule has 0 saturated heterocycles. The van der Waals surface area contributed by atoms with Gasteiger partial charge in [0.25, 0.3) is 0 Å². The van der Waals surface area contributed by atoms with E-state index < -0.39 is 0 Å². The first-order valence-electron chi connectivity index (χ1n) is 9.97. The highest BCUT2D eigenvalue weighted by Gasteiger charge is 2.19. The summed E-state index contributed by atoms with van der Waals surface area (Å²) in [6.07, 6.45) is -0.260. The fraction of sp³-hybridized carbons (Fsp3) is 0.348. The van der Waals surface area contributed by atoms with Crippen molar-refractivity contribution in [2.24, 2.45) is 7.05 Å². The van der Waals surface area contributed by atoms with Crippen LogP contribution in [0, 0.1) is 0 Å².